The molecule has 26 heavy (non-hydrogen) atoms. The number of ether oxygens (including phenoxy) is 2. The summed E-state index contributed by atoms with van der Waals surface area (Å²) >= 11 is 0. The minimum Gasteiger partial charge on any atom is -0.494 e. The van der Waals surface area contributed by atoms with Crippen molar-refractivity contribution in [3.05, 3.63) is 23.6 Å². The van der Waals surface area contributed by atoms with E-state index in [0.717, 1.165) is 67.3 Å². The molecule has 2 aromatic rings. The van der Waals surface area contributed by atoms with E-state index in [2.05, 4.69) is 4.90 Å². The molecule has 0 radical (unpaired) electrons. The predicted octanol–water partition coefficient (Wildman–Crippen LogP) is 3.38. The van der Waals surface area contributed by atoms with Crippen molar-refractivity contribution in [3.8, 4) is 5.75 Å². The van der Waals surface area contributed by atoms with Crippen molar-refractivity contribution in [2.75, 3.05) is 33.4 Å². The molecule has 0 bridgehead atoms. The zero-order chi connectivity index (χ0) is 17.7. The summed E-state index contributed by atoms with van der Waals surface area (Å²) in [7, 11) is 1.51. The van der Waals surface area contributed by atoms with Gasteiger partial charge in [0.05, 0.1) is 18.3 Å². The predicted molar refractivity (Wildman–Crippen MR) is 96.8 cm³/mol. The second-order valence-electron chi connectivity index (χ2n) is 7.98. The standard InChI is InChI=1S/C20H26FN3O2/c1-25-19-9-15-17(5-6-23-11-13-8-14(13)12-23)22-24(18(15)10-16(19)21)20-4-2-3-7-26-20/h9-10,13-14,20H,2-8,11-12H2,1H3. The van der Waals surface area contributed by atoms with Crippen molar-refractivity contribution >= 4 is 10.9 Å². The molecule has 1 saturated carbocycles. The van der Waals surface area contributed by atoms with Crippen molar-refractivity contribution in [2.45, 2.75) is 38.3 Å². The van der Waals surface area contributed by atoms with Crippen molar-refractivity contribution in [2.24, 2.45) is 11.8 Å². The molecular weight excluding hydrogens is 333 g/mol. The largest absolute Gasteiger partial charge is 0.494 e. The summed E-state index contributed by atoms with van der Waals surface area (Å²) in [5.74, 6) is 1.82. The average molecular weight is 359 g/mol. The summed E-state index contributed by atoms with van der Waals surface area (Å²) in [5.41, 5.74) is 1.84. The number of rotatable bonds is 5. The maximum atomic E-state index is 14.3. The molecular formula is C20H26FN3O2. The van der Waals surface area contributed by atoms with Crippen LogP contribution in [0.5, 0.6) is 5.75 Å². The minimum atomic E-state index is -0.344. The Balaban J connectivity index is 1.46. The highest BCUT2D eigenvalue weighted by Gasteiger charge is 2.44. The second-order valence-corrected chi connectivity index (χ2v) is 7.98. The maximum Gasteiger partial charge on any atom is 0.167 e. The van der Waals surface area contributed by atoms with E-state index < -0.39 is 0 Å². The van der Waals surface area contributed by atoms with Gasteiger partial charge < -0.3 is 14.4 Å². The number of hydrogen-bond acceptors (Lipinski definition) is 4. The first-order valence-corrected chi connectivity index (χ1v) is 9.81. The van der Waals surface area contributed by atoms with Gasteiger partial charge in [-0.3, -0.25) is 0 Å². The number of halogens is 1. The third-order valence-electron chi connectivity index (χ3n) is 6.20. The van der Waals surface area contributed by atoms with Gasteiger partial charge >= 0.3 is 0 Å². The molecule has 1 aromatic carbocycles. The molecule has 0 spiro atoms. The molecule has 1 aliphatic carbocycles. The first-order valence-electron chi connectivity index (χ1n) is 9.81. The number of aromatic nitrogens is 2. The van der Waals surface area contributed by atoms with Crippen molar-refractivity contribution < 1.29 is 13.9 Å². The Bertz CT molecular complexity index is 805. The van der Waals surface area contributed by atoms with E-state index >= 15 is 0 Å². The van der Waals surface area contributed by atoms with E-state index in [1.807, 2.05) is 4.68 Å². The molecule has 3 heterocycles. The molecule has 6 heteroatoms. The molecule has 5 nitrogen and oxygen atoms in total. The van der Waals surface area contributed by atoms with Crippen LogP contribution < -0.4 is 4.74 Å². The molecule has 3 unspecified atom stereocenters. The van der Waals surface area contributed by atoms with Gasteiger partial charge in [-0.05, 0) is 43.6 Å². The van der Waals surface area contributed by atoms with Crippen LogP contribution >= 0.6 is 0 Å². The molecule has 140 valence electrons. The van der Waals surface area contributed by atoms with E-state index in [0.29, 0.717) is 0 Å². The van der Waals surface area contributed by atoms with Crippen molar-refractivity contribution in [1.29, 1.82) is 0 Å². The summed E-state index contributed by atoms with van der Waals surface area (Å²) < 4.78 is 27.4. The third-order valence-corrected chi connectivity index (χ3v) is 6.20. The van der Waals surface area contributed by atoms with E-state index in [1.54, 1.807) is 12.1 Å². The summed E-state index contributed by atoms with van der Waals surface area (Å²) in [4.78, 5) is 2.54. The Morgan fingerprint density at radius 3 is 2.85 bits per heavy atom. The Morgan fingerprint density at radius 1 is 1.27 bits per heavy atom. The first kappa shape index (κ1) is 16.5. The normalized spacial score (nSPS) is 28.5. The fraction of sp³-hybridized carbons (Fsp3) is 0.650. The van der Waals surface area contributed by atoms with Gasteiger partial charge in [0.1, 0.15) is 0 Å². The van der Waals surface area contributed by atoms with Crippen LogP contribution in [0.3, 0.4) is 0 Å². The lowest BCUT2D eigenvalue weighted by Crippen LogP contribution is -2.25. The lowest BCUT2D eigenvalue weighted by Gasteiger charge is -2.23. The first-order chi connectivity index (χ1) is 12.7. The quantitative estimate of drug-likeness (QED) is 0.821. The van der Waals surface area contributed by atoms with Gasteiger partial charge in [0.2, 0.25) is 0 Å². The monoisotopic (exact) mass is 359 g/mol. The molecule has 5 rings (SSSR count). The Hall–Kier alpha value is -1.66. The highest BCUT2D eigenvalue weighted by molar-refractivity contribution is 5.84. The summed E-state index contributed by atoms with van der Waals surface area (Å²) in [5, 5.41) is 5.85. The van der Waals surface area contributed by atoms with Crippen LogP contribution in [-0.4, -0.2) is 48.0 Å². The number of fused-ring (bicyclic) bond motifs is 2. The van der Waals surface area contributed by atoms with Gasteiger partial charge in [0.25, 0.3) is 0 Å². The fourth-order valence-corrected chi connectivity index (χ4v) is 4.62. The molecule has 2 saturated heterocycles. The molecule has 0 N–H and O–H groups in total. The molecule has 1 aromatic heterocycles. The molecule has 2 aliphatic heterocycles. The van der Waals surface area contributed by atoms with Gasteiger partial charge in [0, 0.05) is 44.1 Å². The lowest BCUT2D eigenvalue weighted by molar-refractivity contribution is -0.0369. The molecule has 3 fully saturated rings. The van der Waals surface area contributed by atoms with E-state index in [1.165, 1.54) is 26.6 Å². The van der Waals surface area contributed by atoms with Gasteiger partial charge in [-0.25, -0.2) is 9.07 Å². The number of methoxy groups -OCH3 is 1. The Kier molecular flexibility index (Phi) is 4.13. The van der Waals surface area contributed by atoms with Crippen LogP contribution in [0.2, 0.25) is 0 Å². The zero-order valence-corrected chi connectivity index (χ0v) is 15.3. The van der Waals surface area contributed by atoms with Crippen LogP contribution in [-0.2, 0) is 11.2 Å². The molecule has 3 atom stereocenters. The fourth-order valence-electron chi connectivity index (χ4n) is 4.62. The topological polar surface area (TPSA) is 39.5 Å². The number of nitrogens with zero attached hydrogens (tertiary/aromatic N) is 3. The number of hydrogen-bond donors (Lipinski definition) is 0. The van der Waals surface area contributed by atoms with E-state index in [9.17, 15) is 4.39 Å². The highest BCUT2D eigenvalue weighted by atomic mass is 19.1. The van der Waals surface area contributed by atoms with Gasteiger partial charge in [-0.1, -0.05) is 0 Å². The van der Waals surface area contributed by atoms with Crippen LogP contribution in [0, 0.1) is 17.7 Å². The van der Waals surface area contributed by atoms with Crippen LogP contribution in [0.1, 0.15) is 37.6 Å². The lowest BCUT2D eigenvalue weighted by atomic mass is 10.1. The number of piperidine rings is 1. The highest BCUT2D eigenvalue weighted by Crippen LogP contribution is 2.44. The molecule has 0 amide bonds. The van der Waals surface area contributed by atoms with Crippen LogP contribution in [0.15, 0.2) is 12.1 Å². The average Bonchev–Trinajstić information content (AvgIpc) is 3.12. The Morgan fingerprint density at radius 2 is 2.12 bits per heavy atom. The van der Waals surface area contributed by atoms with Crippen molar-refractivity contribution in [3.63, 3.8) is 0 Å². The Labute approximate surface area is 153 Å². The van der Waals surface area contributed by atoms with Crippen LogP contribution in [0.25, 0.3) is 10.9 Å². The number of benzene rings is 1. The minimum absolute atomic E-state index is 0.0905. The van der Waals surface area contributed by atoms with Gasteiger partial charge in [-0.15, -0.1) is 0 Å². The van der Waals surface area contributed by atoms with Crippen molar-refractivity contribution in [1.82, 2.24) is 14.7 Å². The zero-order valence-electron chi connectivity index (χ0n) is 15.3. The number of likely N-dealkylation sites (tertiary alicyclic amines) is 1. The molecule has 3 aliphatic rings. The summed E-state index contributed by atoms with van der Waals surface area (Å²) in [6.45, 7) is 4.22. The third kappa shape index (κ3) is 2.89. The summed E-state index contributed by atoms with van der Waals surface area (Å²) in [6.07, 6.45) is 5.35. The van der Waals surface area contributed by atoms with E-state index in [4.69, 9.17) is 14.6 Å². The van der Waals surface area contributed by atoms with Gasteiger partial charge in [-0.2, -0.15) is 5.10 Å². The van der Waals surface area contributed by atoms with E-state index in [-0.39, 0.29) is 17.8 Å². The summed E-state index contributed by atoms with van der Waals surface area (Å²) in [6, 6.07) is 3.35. The van der Waals surface area contributed by atoms with Crippen LogP contribution in [0.4, 0.5) is 4.39 Å². The second kappa shape index (κ2) is 6.50. The maximum absolute atomic E-state index is 14.3. The SMILES string of the molecule is COc1cc2c(CCN3CC4CC4C3)nn(C3CCCCO3)c2cc1F. The van der Waals surface area contributed by atoms with Gasteiger partial charge in [0.15, 0.2) is 17.8 Å². The smallest absolute Gasteiger partial charge is 0.167 e.